The minimum Gasteiger partial charge on any atom is -0.380 e. The van der Waals surface area contributed by atoms with Crippen molar-refractivity contribution in [1.82, 2.24) is 20.0 Å². The molecule has 8 nitrogen and oxygen atoms in total. The number of H-pyrrole nitrogens is 1. The molecule has 3 aliphatic rings. The molecule has 26 heavy (non-hydrogen) atoms. The molecule has 0 aliphatic carbocycles. The monoisotopic (exact) mass is 360 g/mol. The molecule has 2 fully saturated rings. The molecule has 0 radical (unpaired) electrons. The van der Waals surface area contributed by atoms with Crippen LogP contribution in [0.4, 0.5) is 0 Å². The lowest BCUT2D eigenvalue weighted by molar-refractivity contribution is -0.143. The molecule has 1 aromatic heterocycles. The van der Waals surface area contributed by atoms with Crippen molar-refractivity contribution in [1.29, 1.82) is 0 Å². The van der Waals surface area contributed by atoms with Crippen molar-refractivity contribution in [2.75, 3.05) is 33.4 Å². The van der Waals surface area contributed by atoms with Crippen LogP contribution in [-0.2, 0) is 25.6 Å². The third-order valence-electron chi connectivity index (χ3n) is 5.52. The third-order valence-corrected chi connectivity index (χ3v) is 5.52. The van der Waals surface area contributed by atoms with E-state index in [4.69, 9.17) is 9.47 Å². The van der Waals surface area contributed by atoms with E-state index in [0.717, 1.165) is 5.69 Å². The van der Waals surface area contributed by atoms with Gasteiger partial charge in [-0.1, -0.05) is 12.2 Å². The summed E-state index contributed by atoms with van der Waals surface area (Å²) in [4.78, 5) is 29.5. The molecule has 2 amide bonds. The fourth-order valence-corrected chi connectivity index (χ4v) is 4.33. The summed E-state index contributed by atoms with van der Waals surface area (Å²) >= 11 is 0. The standard InChI is InChI=1S/C18H24N4O4/c1-3-25-9-8-22-11-18-6-4-13(26-18)14(15(18)17(22)24)16(23)21(2)10-12-5-7-19-20-12/h4-7,13-15H,3,8-11H2,1-2H3,(H,19,20)/t13-,14-,15-,18-/m0/s1. The summed E-state index contributed by atoms with van der Waals surface area (Å²) in [6.45, 7) is 4.48. The van der Waals surface area contributed by atoms with Gasteiger partial charge in [-0.05, 0) is 13.0 Å². The molecular formula is C18H24N4O4. The first-order valence-corrected chi connectivity index (χ1v) is 9.02. The molecule has 3 aliphatic heterocycles. The van der Waals surface area contributed by atoms with E-state index in [1.807, 2.05) is 25.1 Å². The second-order valence-electron chi connectivity index (χ2n) is 7.13. The lowest BCUT2D eigenvalue weighted by Crippen LogP contribution is -2.44. The minimum absolute atomic E-state index is 0.00940. The zero-order valence-electron chi connectivity index (χ0n) is 15.1. The van der Waals surface area contributed by atoms with Crippen LogP contribution in [0.2, 0.25) is 0 Å². The zero-order chi connectivity index (χ0) is 18.3. The van der Waals surface area contributed by atoms with Gasteiger partial charge in [-0.2, -0.15) is 5.10 Å². The van der Waals surface area contributed by atoms with Crippen molar-refractivity contribution in [2.45, 2.75) is 25.2 Å². The predicted molar refractivity (Wildman–Crippen MR) is 91.9 cm³/mol. The molecule has 1 spiro atoms. The Bertz CT molecular complexity index is 719. The number of aromatic nitrogens is 2. The highest BCUT2D eigenvalue weighted by atomic mass is 16.5. The number of nitrogens with zero attached hydrogens (tertiary/aromatic N) is 3. The number of rotatable bonds is 7. The van der Waals surface area contributed by atoms with Crippen LogP contribution in [-0.4, -0.2) is 76.9 Å². The summed E-state index contributed by atoms with van der Waals surface area (Å²) < 4.78 is 11.5. The van der Waals surface area contributed by atoms with E-state index in [1.54, 1.807) is 23.0 Å². The molecular weight excluding hydrogens is 336 g/mol. The molecule has 0 saturated carbocycles. The Morgan fingerprint density at radius 2 is 2.42 bits per heavy atom. The Hall–Kier alpha value is -2.19. The van der Waals surface area contributed by atoms with Gasteiger partial charge in [0, 0.05) is 26.4 Å². The van der Waals surface area contributed by atoms with Crippen molar-refractivity contribution in [3.63, 3.8) is 0 Å². The minimum atomic E-state index is -0.664. The highest BCUT2D eigenvalue weighted by Gasteiger charge is 2.66. The Morgan fingerprint density at radius 3 is 3.15 bits per heavy atom. The summed E-state index contributed by atoms with van der Waals surface area (Å²) in [5, 5.41) is 6.77. The molecule has 4 atom stereocenters. The molecule has 8 heteroatoms. The van der Waals surface area contributed by atoms with Gasteiger partial charge in [-0.3, -0.25) is 14.7 Å². The van der Waals surface area contributed by atoms with Gasteiger partial charge in [-0.15, -0.1) is 0 Å². The second kappa shape index (κ2) is 6.51. The van der Waals surface area contributed by atoms with E-state index >= 15 is 0 Å². The Balaban J connectivity index is 1.50. The normalized spacial score (nSPS) is 31.7. The van der Waals surface area contributed by atoms with Crippen LogP contribution in [0.1, 0.15) is 12.6 Å². The molecule has 1 N–H and O–H groups in total. The first-order valence-electron chi connectivity index (χ1n) is 9.02. The number of hydrogen-bond donors (Lipinski definition) is 1. The number of ether oxygens (including phenoxy) is 2. The molecule has 4 rings (SSSR count). The van der Waals surface area contributed by atoms with E-state index in [0.29, 0.717) is 32.8 Å². The number of nitrogens with one attached hydrogen (secondary N) is 1. The van der Waals surface area contributed by atoms with E-state index in [-0.39, 0.29) is 17.9 Å². The van der Waals surface area contributed by atoms with Crippen LogP contribution in [0.3, 0.4) is 0 Å². The summed E-state index contributed by atoms with van der Waals surface area (Å²) in [7, 11) is 1.75. The zero-order valence-corrected chi connectivity index (χ0v) is 15.1. The van der Waals surface area contributed by atoms with Crippen LogP contribution < -0.4 is 0 Å². The first-order chi connectivity index (χ1) is 12.6. The Morgan fingerprint density at radius 1 is 1.58 bits per heavy atom. The lowest BCUT2D eigenvalue weighted by Gasteiger charge is -2.27. The van der Waals surface area contributed by atoms with Crippen LogP contribution in [0.25, 0.3) is 0 Å². The molecule has 0 aromatic carbocycles. The molecule has 4 heterocycles. The van der Waals surface area contributed by atoms with Crippen molar-refractivity contribution >= 4 is 11.8 Å². The maximum Gasteiger partial charge on any atom is 0.230 e. The molecule has 2 bridgehead atoms. The number of fused-ring (bicyclic) bond motifs is 1. The lowest BCUT2D eigenvalue weighted by atomic mass is 9.76. The van der Waals surface area contributed by atoms with Gasteiger partial charge in [0.2, 0.25) is 11.8 Å². The van der Waals surface area contributed by atoms with E-state index in [9.17, 15) is 9.59 Å². The molecule has 0 unspecified atom stereocenters. The summed E-state index contributed by atoms with van der Waals surface area (Å²) in [6, 6.07) is 1.83. The van der Waals surface area contributed by atoms with Gasteiger partial charge in [0.1, 0.15) is 5.60 Å². The van der Waals surface area contributed by atoms with Crippen LogP contribution in [0, 0.1) is 11.8 Å². The third kappa shape index (κ3) is 2.64. The van der Waals surface area contributed by atoms with E-state index in [2.05, 4.69) is 10.2 Å². The topological polar surface area (TPSA) is 87.8 Å². The maximum absolute atomic E-state index is 13.1. The van der Waals surface area contributed by atoms with E-state index < -0.39 is 17.4 Å². The predicted octanol–water partition coefficient (Wildman–Crippen LogP) is 0.187. The summed E-state index contributed by atoms with van der Waals surface area (Å²) in [5.41, 5.74) is 0.189. The van der Waals surface area contributed by atoms with Crippen LogP contribution in [0.15, 0.2) is 24.4 Å². The van der Waals surface area contributed by atoms with Crippen LogP contribution >= 0.6 is 0 Å². The number of carbonyl (C=O) groups excluding carboxylic acids is 2. The van der Waals surface area contributed by atoms with Crippen molar-refractivity contribution in [2.24, 2.45) is 11.8 Å². The number of amides is 2. The molecule has 2 saturated heterocycles. The van der Waals surface area contributed by atoms with Gasteiger partial charge in [0.05, 0.1) is 43.3 Å². The number of hydrogen-bond acceptors (Lipinski definition) is 5. The molecule has 140 valence electrons. The second-order valence-corrected chi connectivity index (χ2v) is 7.13. The maximum atomic E-state index is 13.1. The van der Waals surface area contributed by atoms with Crippen molar-refractivity contribution in [3.05, 3.63) is 30.1 Å². The Kier molecular flexibility index (Phi) is 4.32. The van der Waals surface area contributed by atoms with Crippen LogP contribution in [0.5, 0.6) is 0 Å². The largest absolute Gasteiger partial charge is 0.380 e. The number of aromatic amines is 1. The quantitative estimate of drug-likeness (QED) is 0.554. The first kappa shape index (κ1) is 17.2. The molecule has 1 aromatic rings. The van der Waals surface area contributed by atoms with Gasteiger partial charge in [0.15, 0.2) is 0 Å². The fourth-order valence-electron chi connectivity index (χ4n) is 4.33. The van der Waals surface area contributed by atoms with Gasteiger partial charge in [-0.25, -0.2) is 0 Å². The highest BCUT2D eigenvalue weighted by molar-refractivity contribution is 5.93. The SMILES string of the molecule is CCOCCN1C[C@]23C=C[C@H](O2)[C@H](C(=O)N(C)Cc2ccn[nH]2)[C@H]3C1=O. The highest BCUT2D eigenvalue weighted by Crippen LogP contribution is 2.52. The summed E-state index contributed by atoms with van der Waals surface area (Å²) in [6.07, 6.45) is 5.24. The Labute approximate surface area is 152 Å². The average molecular weight is 360 g/mol. The van der Waals surface area contributed by atoms with Crippen molar-refractivity contribution < 1.29 is 19.1 Å². The van der Waals surface area contributed by atoms with Gasteiger partial charge >= 0.3 is 0 Å². The smallest absolute Gasteiger partial charge is 0.230 e. The van der Waals surface area contributed by atoms with Crippen molar-refractivity contribution in [3.8, 4) is 0 Å². The summed E-state index contributed by atoms with van der Waals surface area (Å²) in [5.74, 6) is -1.00. The van der Waals surface area contributed by atoms with Gasteiger partial charge in [0.25, 0.3) is 0 Å². The average Bonchev–Trinajstić information content (AvgIpc) is 3.38. The number of carbonyl (C=O) groups is 2. The number of likely N-dealkylation sites (tertiary alicyclic amines) is 1. The van der Waals surface area contributed by atoms with Gasteiger partial charge < -0.3 is 19.3 Å². The fraction of sp³-hybridized carbons (Fsp3) is 0.611. The van der Waals surface area contributed by atoms with E-state index in [1.165, 1.54) is 0 Å².